The third kappa shape index (κ3) is 6.61. The summed E-state index contributed by atoms with van der Waals surface area (Å²) in [5, 5.41) is 15.6. The molecule has 0 saturated heterocycles. The van der Waals surface area contributed by atoms with E-state index >= 15 is 0 Å². The van der Waals surface area contributed by atoms with E-state index in [1.807, 2.05) is 24.3 Å². The van der Waals surface area contributed by atoms with Crippen LogP contribution in [0.4, 0.5) is 0 Å². The van der Waals surface area contributed by atoms with Crippen molar-refractivity contribution in [2.45, 2.75) is 6.92 Å². The van der Waals surface area contributed by atoms with Gasteiger partial charge in [-0.25, -0.2) is 0 Å². The van der Waals surface area contributed by atoms with E-state index in [0.717, 1.165) is 0 Å². The van der Waals surface area contributed by atoms with Gasteiger partial charge in [-0.15, -0.1) is 12.4 Å². The Kier molecular flexibility index (Phi) is 10.4. The Hall–Kier alpha value is -1.51. The van der Waals surface area contributed by atoms with E-state index < -0.39 is 0 Å². The lowest BCUT2D eigenvalue weighted by Crippen LogP contribution is -1.66. The van der Waals surface area contributed by atoms with Crippen LogP contribution in [0.3, 0.4) is 0 Å². The molecule has 0 bridgehead atoms. The molecule has 0 heterocycles. The molecule has 0 aliphatic heterocycles. The van der Waals surface area contributed by atoms with E-state index in [1.54, 1.807) is 18.2 Å². The summed E-state index contributed by atoms with van der Waals surface area (Å²) < 4.78 is 0. The van der Waals surface area contributed by atoms with Gasteiger partial charge >= 0.3 is 0 Å². The average molecular weight is 181 g/mol. The van der Waals surface area contributed by atoms with Crippen LogP contribution < -0.4 is 0 Å². The standard InChI is InChI=1S/C7H5N.C2H3N.ClH/c8-6-7-4-2-1-3-5-7;1-2-3;/h1-5H;1H3;1H. The highest BCUT2D eigenvalue weighted by atomic mass is 35.5. The second kappa shape index (κ2) is 9.49. The maximum Gasteiger partial charge on any atom is 0.0991 e. The van der Waals surface area contributed by atoms with Crippen molar-refractivity contribution in [1.82, 2.24) is 0 Å². The summed E-state index contributed by atoms with van der Waals surface area (Å²) in [5.41, 5.74) is 0.715. The van der Waals surface area contributed by atoms with Crippen LogP contribution in [0.25, 0.3) is 0 Å². The SMILES string of the molecule is CC#N.Cl.N#Cc1ccccc1. The molecule has 1 rings (SSSR count). The molecule has 1 aromatic carbocycles. The van der Waals surface area contributed by atoms with Crippen molar-refractivity contribution in [2.75, 3.05) is 0 Å². The van der Waals surface area contributed by atoms with Crippen molar-refractivity contribution in [3.05, 3.63) is 35.9 Å². The first kappa shape index (κ1) is 13.1. The van der Waals surface area contributed by atoms with Gasteiger partial charge in [0, 0.05) is 6.92 Å². The summed E-state index contributed by atoms with van der Waals surface area (Å²) in [7, 11) is 0. The van der Waals surface area contributed by atoms with E-state index in [4.69, 9.17) is 10.5 Å². The van der Waals surface area contributed by atoms with Gasteiger partial charge in [-0.05, 0) is 12.1 Å². The summed E-state index contributed by atoms with van der Waals surface area (Å²) in [6, 6.07) is 12.9. The number of hydrogen-bond acceptors (Lipinski definition) is 2. The number of rotatable bonds is 0. The molecule has 0 spiro atoms. The van der Waals surface area contributed by atoms with Gasteiger partial charge in [-0.3, -0.25) is 0 Å². The molecule has 0 fully saturated rings. The van der Waals surface area contributed by atoms with Crippen LogP contribution >= 0.6 is 12.4 Å². The molecule has 62 valence electrons. The van der Waals surface area contributed by atoms with Crippen LogP contribution in [-0.4, -0.2) is 0 Å². The van der Waals surface area contributed by atoms with E-state index in [0.29, 0.717) is 5.56 Å². The maximum absolute atomic E-state index is 8.29. The smallest absolute Gasteiger partial charge is 0.0991 e. The zero-order chi connectivity index (χ0) is 8.53. The third-order valence-corrected chi connectivity index (χ3v) is 0.903. The van der Waals surface area contributed by atoms with Crippen LogP contribution in [0.5, 0.6) is 0 Å². The molecule has 2 nitrogen and oxygen atoms in total. The fraction of sp³-hybridized carbons (Fsp3) is 0.111. The van der Waals surface area contributed by atoms with Crippen molar-refractivity contribution in [2.24, 2.45) is 0 Å². The Labute approximate surface area is 78.5 Å². The fourth-order valence-corrected chi connectivity index (χ4v) is 0.513. The number of benzene rings is 1. The van der Waals surface area contributed by atoms with Crippen LogP contribution in [0.1, 0.15) is 12.5 Å². The highest BCUT2D eigenvalue weighted by Gasteiger charge is 1.79. The molecule has 0 aliphatic rings. The minimum absolute atomic E-state index is 0. The lowest BCUT2D eigenvalue weighted by Gasteiger charge is -1.80. The second-order valence-electron chi connectivity index (χ2n) is 1.70. The Morgan fingerprint density at radius 2 is 1.50 bits per heavy atom. The van der Waals surface area contributed by atoms with Crippen molar-refractivity contribution in [1.29, 1.82) is 10.5 Å². The van der Waals surface area contributed by atoms with Gasteiger partial charge in [-0.2, -0.15) is 10.5 Å². The molecule has 0 atom stereocenters. The summed E-state index contributed by atoms with van der Waals surface area (Å²) in [6.45, 7) is 1.43. The molecule has 0 aliphatic carbocycles. The van der Waals surface area contributed by atoms with Gasteiger partial charge in [0.15, 0.2) is 0 Å². The molecule has 1 aromatic rings. The van der Waals surface area contributed by atoms with E-state index in [2.05, 4.69) is 0 Å². The van der Waals surface area contributed by atoms with E-state index in [9.17, 15) is 0 Å². The van der Waals surface area contributed by atoms with Crippen LogP contribution in [0.15, 0.2) is 30.3 Å². The van der Waals surface area contributed by atoms with Crippen LogP contribution in [-0.2, 0) is 0 Å². The monoisotopic (exact) mass is 180 g/mol. The number of nitriles is 2. The molecule has 12 heavy (non-hydrogen) atoms. The number of halogens is 1. The van der Waals surface area contributed by atoms with Crippen LogP contribution in [0, 0.1) is 22.7 Å². The van der Waals surface area contributed by atoms with Crippen molar-refractivity contribution in [3.63, 3.8) is 0 Å². The van der Waals surface area contributed by atoms with Crippen molar-refractivity contribution in [3.8, 4) is 12.1 Å². The first-order valence-electron chi connectivity index (χ1n) is 3.11. The lowest BCUT2D eigenvalue weighted by molar-refractivity contribution is 1.49. The lowest BCUT2D eigenvalue weighted by atomic mass is 10.2. The zero-order valence-electron chi connectivity index (χ0n) is 6.69. The van der Waals surface area contributed by atoms with Gasteiger partial charge in [-0.1, -0.05) is 18.2 Å². The molecule has 0 aromatic heterocycles. The molecular weight excluding hydrogens is 172 g/mol. The van der Waals surface area contributed by atoms with E-state index in [1.165, 1.54) is 6.92 Å². The van der Waals surface area contributed by atoms with Gasteiger partial charge in [0.25, 0.3) is 0 Å². The van der Waals surface area contributed by atoms with Crippen molar-refractivity contribution >= 4 is 12.4 Å². The van der Waals surface area contributed by atoms with Gasteiger partial charge in [0.2, 0.25) is 0 Å². The highest BCUT2D eigenvalue weighted by molar-refractivity contribution is 5.85. The molecular formula is C9H9ClN2. The predicted molar refractivity (Wildman–Crippen MR) is 49.7 cm³/mol. The Bertz CT molecular complexity index is 269. The maximum atomic E-state index is 8.29. The Morgan fingerprint density at radius 1 is 1.08 bits per heavy atom. The normalized spacial score (nSPS) is 5.92. The van der Waals surface area contributed by atoms with Gasteiger partial charge < -0.3 is 0 Å². The summed E-state index contributed by atoms with van der Waals surface area (Å²) in [6.07, 6.45) is 0. The molecule has 0 N–H and O–H groups in total. The minimum Gasteiger partial charge on any atom is -0.199 e. The average Bonchev–Trinajstić information content (AvgIpc) is 2.08. The molecule has 0 unspecified atom stereocenters. The van der Waals surface area contributed by atoms with Gasteiger partial charge in [0.05, 0.1) is 17.7 Å². The fourth-order valence-electron chi connectivity index (χ4n) is 0.513. The second-order valence-corrected chi connectivity index (χ2v) is 1.70. The molecule has 0 saturated carbocycles. The Morgan fingerprint density at radius 3 is 1.75 bits per heavy atom. The third-order valence-electron chi connectivity index (χ3n) is 0.903. The summed E-state index contributed by atoms with van der Waals surface area (Å²) in [4.78, 5) is 0. The Balaban J connectivity index is 0. The van der Waals surface area contributed by atoms with Gasteiger partial charge in [0.1, 0.15) is 0 Å². The largest absolute Gasteiger partial charge is 0.199 e. The number of nitrogens with zero attached hydrogens (tertiary/aromatic N) is 2. The first-order chi connectivity index (χ1) is 5.35. The molecule has 0 amide bonds. The minimum atomic E-state index is 0. The van der Waals surface area contributed by atoms with Crippen LogP contribution in [0.2, 0.25) is 0 Å². The number of hydrogen-bond donors (Lipinski definition) is 0. The summed E-state index contributed by atoms with van der Waals surface area (Å²) >= 11 is 0. The predicted octanol–water partition coefficient (Wildman–Crippen LogP) is 2.51. The van der Waals surface area contributed by atoms with E-state index in [-0.39, 0.29) is 12.4 Å². The van der Waals surface area contributed by atoms with Crippen molar-refractivity contribution < 1.29 is 0 Å². The topological polar surface area (TPSA) is 47.6 Å². The quantitative estimate of drug-likeness (QED) is 0.616. The first-order valence-corrected chi connectivity index (χ1v) is 3.11. The molecule has 0 radical (unpaired) electrons. The summed E-state index contributed by atoms with van der Waals surface area (Å²) in [5.74, 6) is 0. The molecule has 3 heteroatoms. The zero-order valence-corrected chi connectivity index (χ0v) is 7.51. The highest BCUT2D eigenvalue weighted by Crippen LogP contribution is 1.92.